The van der Waals surface area contributed by atoms with Gasteiger partial charge in [0.25, 0.3) is 0 Å². The van der Waals surface area contributed by atoms with Crippen LogP contribution in [0.3, 0.4) is 0 Å². The summed E-state index contributed by atoms with van der Waals surface area (Å²) in [6.45, 7) is 6.31. The first-order valence-corrected chi connectivity index (χ1v) is 7.26. The second-order valence-corrected chi connectivity index (χ2v) is 6.48. The Bertz CT molecular complexity index is 605. The number of hydrogen-bond donors (Lipinski definition) is 1. The lowest BCUT2D eigenvalue weighted by molar-refractivity contribution is -0.138. The Morgan fingerprint density at radius 1 is 1.42 bits per heavy atom. The van der Waals surface area contributed by atoms with Crippen LogP contribution in [-0.4, -0.2) is 25.6 Å². The number of fused-ring (bicyclic) bond motifs is 1. The number of thioether (sulfide) groups is 1. The van der Waals surface area contributed by atoms with Gasteiger partial charge >= 0.3 is 5.97 Å². The SMILES string of the molecule is CCn1nc(CSC(C)(C)C(=O)O)c2ccccc21. The van der Waals surface area contributed by atoms with Gasteiger partial charge in [0.2, 0.25) is 0 Å². The summed E-state index contributed by atoms with van der Waals surface area (Å²) in [6, 6.07) is 8.06. The van der Waals surface area contributed by atoms with Crippen LogP contribution in [0.4, 0.5) is 0 Å². The van der Waals surface area contributed by atoms with Gasteiger partial charge in [-0.15, -0.1) is 11.8 Å². The van der Waals surface area contributed by atoms with E-state index in [-0.39, 0.29) is 0 Å². The Morgan fingerprint density at radius 3 is 2.74 bits per heavy atom. The molecular formula is C14H18N2O2S. The van der Waals surface area contributed by atoms with E-state index in [4.69, 9.17) is 5.11 Å². The van der Waals surface area contributed by atoms with Crippen LogP contribution in [0.1, 0.15) is 26.5 Å². The van der Waals surface area contributed by atoms with Crippen molar-refractivity contribution >= 4 is 28.6 Å². The normalized spacial score (nSPS) is 11.9. The molecule has 1 aromatic carbocycles. The first-order valence-electron chi connectivity index (χ1n) is 6.27. The van der Waals surface area contributed by atoms with E-state index in [1.54, 1.807) is 13.8 Å². The van der Waals surface area contributed by atoms with Gasteiger partial charge in [0.15, 0.2) is 0 Å². The Balaban J connectivity index is 2.29. The molecule has 0 aliphatic rings. The van der Waals surface area contributed by atoms with E-state index in [1.165, 1.54) is 11.8 Å². The van der Waals surface area contributed by atoms with E-state index in [0.29, 0.717) is 5.75 Å². The maximum atomic E-state index is 11.1. The third-order valence-electron chi connectivity index (χ3n) is 3.12. The number of para-hydroxylation sites is 1. The summed E-state index contributed by atoms with van der Waals surface area (Å²) in [5, 5.41) is 14.8. The molecule has 0 bridgehead atoms. The Hall–Kier alpha value is -1.49. The smallest absolute Gasteiger partial charge is 0.319 e. The van der Waals surface area contributed by atoms with E-state index in [2.05, 4.69) is 12.0 Å². The molecule has 102 valence electrons. The van der Waals surface area contributed by atoms with Crippen LogP contribution in [0.2, 0.25) is 0 Å². The highest BCUT2D eigenvalue weighted by atomic mass is 32.2. The van der Waals surface area contributed by atoms with Gasteiger partial charge in [-0.25, -0.2) is 0 Å². The van der Waals surface area contributed by atoms with Gasteiger partial charge in [-0.2, -0.15) is 5.10 Å². The minimum atomic E-state index is -0.795. The van der Waals surface area contributed by atoms with Crippen LogP contribution in [0.15, 0.2) is 24.3 Å². The number of aromatic nitrogens is 2. The van der Waals surface area contributed by atoms with Crippen molar-refractivity contribution in [2.45, 2.75) is 37.8 Å². The monoisotopic (exact) mass is 278 g/mol. The highest BCUT2D eigenvalue weighted by molar-refractivity contribution is 8.00. The Morgan fingerprint density at radius 2 is 2.11 bits per heavy atom. The van der Waals surface area contributed by atoms with E-state index in [1.807, 2.05) is 28.9 Å². The summed E-state index contributed by atoms with van der Waals surface area (Å²) in [6.07, 6.45) is 0. The molecule has 4 nitrogen and oxygen atoms in total. The molecule has 0 saturated heterocycles. The summed E-state index contributed by atoms with van der Waals surface area (Å²) in [4.78, 5) is 11.1. The maximum absolute atomic E-state index is 11.1. The molecule has 2 rings (SSSR count). The first-order chi connectivity index (χ1) is 8.95. The number of hydrogen-bond acceptors (Lipinski definition) is 3. The van der Waals surface area contributed by atoms with Crippen LogP contribution in [0.5, 0.6) is 0 Å². The third kappa shape index (κ3) is 2.76. The summed E-state index contributed by atoms with van der Waals surface area (Å²) in [5.74, 6) is -0.191. The topological polar surface area (TPSA) is 55.1 Å². The highest BCUT2D eigenvalue weighted by Gasteiger charge is 2.28. The fraction of sp³-hybridized carbons (Fsp3) is 0.429. The largest absolute Gasteiger partial charge is 0.480 e. The molecule has 0 aliphatic carbocycles. The number of aliphatic carboxylic acids is 1. The molecule has 0 saturated carbocycles. The van der Waals surface area contributed by atoms with Crippen LogP contribution in [-0.2, 0) is 17.1 Å². The van der Waals surface area contributed by atoms with Crippen molar-refractivity contribution in [1.82, 2.24) is 9.78 Å². The van der Waals surface area contributed by atoms with Crippen LogP contribution in [0, 0.1) is 0 Å². The Kier molecular flexibility index (Phi) is 3.85. The fourth-order valence-corrected chi connectivity index (χ4v) is 2.69. The quantitative estimate of drug-likeness (QED) is 0.912. The minimum Gasteiger partial charge on any atom is -0.480 e. The maximum Gasteiger partial charge on any atom is 0.319 e. The van der Waals surface area contributed by atoms with Gasteiger partial charge in [-0.1, -0.05) is 18.2 Å². The number of nitrogens with zero attached hydrogens (tertiary/aromatic N) is 2. The number of carbonyl (C=O) groups is 1. The summed E-state index contributed by atoms with van der Waals surface area (Å²) < 4.78 is 1.16. The van der Waals surface area contributed by atoms with E-state index >= 15 is 0 Å². The molecule has 1 aromatic heterocycles. The molecule has 5 heteroatoms. The molecule has 0 atom stereocenters. The van der Waals surface area contributed by atoms with Crippen molar-refractivity contribution in [2.24, 2.45) is 0 Å². The highest BCUT2D eigenvalue weighted by Crippen LogP contribution is 2.30. The molecule has 0 fully saturated rings. The lowest BCUT2D eigenvalue weighted by Gasteiger charge is -2.17. The summed E-state index contributed by atoms with van der Waals surface area (Å²) >= 11 is 1.40. The summed E-state index contributed by atoms with van der Waals surface area (Å²) in [7, 11) is 0. The molecule has 0 aliphatic heterocycles. The van der Waals surface area contributed by atoms with E-state index in [9.17, 15) is 4.79 Å². The number of carboxylic acids is 1. The second kappa shape index (κ2) is 5.25. The fourth-order valence-electron chi connectivity index (χ4n) is 1.85. The molecule has 0 radical (unpaired) electrons. The average molecular weight is 278 g/mol. The molecule has 2 aromatic rings. The van der Waals surface area contributed by atoms with Gasteiger partial charge in [0.05, 0.1) is 11.2 Å². The summed E-state index contributed by atoms with van der Waals surface area (Å²) in [5.41, 5.74) is 2.06. The predicted molar refractivity (Wildman–Crippen MR) is 78.4 cm³/mol. The van der Waals surface area contributed by atoms with Crippen molar-refractivity contribution in [3.63, 3.8) is 0 Å². The molecular weight excluding hydrogens is 260 g/mol. The first kappa shape index (κ1) is 13.9. The van der Waals surface area contributed by atoms with Crippen LogP contribution < -0.4 is 0 Å². The van der Waals surface area contributed by atoms with Crippen molar-refractivity contribution in [2.75, 3.05) is 0 Å². The number of benzene rings is 1. The molecule has 0 amide bonds. The van der Waals surface area contributed by atoms with Crippen LogP contribution >= 0.6 is 11.8 Å². The van der Waals surface area contributed by atoms with Crippen LogP contribution in [0.25, 0.3) is 10.9 Å². The average Bonchev–Trinajstić information content (AvgIpc) is 2.74. The van der Waals surface area contributed by atoms with Crippen molar-refractivity contribution in [1.29, 1.82) is 0 Å². The standard InChI is InChI=1S/C14H18N2O2S/c1-4-16-12-8-6-5-7-10(12)11(15-16)9-19-14(2,3)13(17)18/h5-8H,4,9H2,1-3H3,(H,17,18). The minimum absolute atomic E-state index is 0.604. The van der Waals surface area contributed by atoms with Gasteiger partial charge in [-0.3, -0.25) is 9.48 Å². The zero-order valence-corrected chi connectivity index (χ0v) is 12.2. The Labute approximate surface area is 116 Å². The number of rotatable bonds is 5. The third-order valence-corrected chi connectivity index (χ3v) is 4.43. The van der Waals surface area contributed by atoms with Gasteiger partial charge in [0.1, 0.15) is 4.75 Å². The molecule has 19 heavy (non-hydrogen) atoms. The van der Waals surface area contributed by atoms with E-state index in [0.717, 1.165) is 23.1 Å². The lowest BCUT2D eigenvalue weighted by Crippen LogP contribution is -2.27. The molecule has 0 spiro atoms. The van der Waals surface area contributed by atoms with Crippen molar-refractivity contribution in [3.8, 4) is 0 Å². The predicted octanol–water partition coefficient (Wildman–Crippen LogP) is 3.15. The molecule has 1 heterocycles. The molecule has 0 unspecified atom stereocenters. The van der Waals surface area contributed by atoms with Gasteiger partial charge in [0, 0.05) is 17.7 Å². The number of carboxylic acid groups (broad SMARTS) is 1. The zero-order valence-electron chi connectivity index (χ0n) is 11.4. The van der Waals surface area contributed by atoms with Gasteiger partial charge in [-0.05, 0) is 26.8 Å². The van der Waals surface area contributed by atoms with Gasteiger partial charge < -0.3 is 5.11 Å². The number of aryl methyl sites for hydroxylation is 1. The molecule has 1 N–H and O–H groups in total. The van der Waals surface area contributed by atoms with E-state index < -0.39 is 10.7 Å². The lowest BCUT2D eigenvalue weighted by atomic mass is 10.2. The zero-order chi connectivity index (χ0) is 14.0. The van der Waals surface area contributed by atoms with Crippen molar-refractivity contribution in [3.05, 3.63) is 30.0 Å². The second-order valence-electron chi connectivity index (χ2n) is 4.88. The van der Waals surface area contributed by atoms with Crippen molar-refractivity contribution < 1.29 is 9.90 Å².